The molecule has 0 unspecified atom stereocenters. The fourth-order valence-corrected chi connectivity index (χ4v) is 4.86. The van der Waals surface area contributed by atoms with Gasteiger partial charge in [-0.3, -0.25) is 4.79 Å². The van der Waals surface area contributed by atoms with Crippen molar-refractivity contribution in [2.45, 2.75) is 58.4 Å². The molecular weight excluding hydrogens is 466 g/mol. The predicted octanol–water partition coefficient (Wildman–Crippen LogP) is 7.50. The third-order valence-electron chi connectivity index (χ3n) is 6.09. The van der Waals surface area contributed by atoms with Crippen LogP contribution < -0.4 is 10.1 Å². The van der Waals surface area contributed by atoms with Gasteiger partial charge in [-0.15, -0.1) is 0 Å². The molecule has 1 saturated carbocycles. The second-order valence-corrected chi connectivity index (χ2v) is 9.38. The minimum atomic E-state index is -0.0312. The van der Waals surface area contributed by atoms with Crippen LogP contribution in [0, 0.1) is 0 Å². The van der Waals surface area contributed by atoms with E-state index in [1.165, 1.54) is 25.7 Å². The zero-order valence-electron chi connectivity index (χ0n) is 18.7. The third-order valence-corrected chi connectivity index (χ3v) is 6.58. The standard InChI is InChI=1S/C27H30BrNO3/c1-3-31-25-16-26-23(24(17-32-26)19-9-8-10-20(28)14-19)15-22(25)18(2)13-27(30)29-21-11-6-4-5-7-12-21/h8-10,13-17,21H,3-7,11-12H2,1-2H3,(H,29,30)/b18-13+. The first-order valence-electron chi connectivity index (χ1n) is 11.5. The van der Waals surface area contributed by atoms with Gasteiger partial charge >= 0.3 is 0 Å². The first-order chi connectivity index (χ1) is 15.5. The van der Waals surface area contributed by atoms with Crippen LogP contribution in [0.2, 0.25) is 0 Å². The van der Waals surface area contributed by atoms with Crippen molar-refractivity contribution in [1.29, 1.82) is 0 Å². The highest BCUT2D eigenvalue weighted by molar-refractivity contribution is 9.10. The van der Waals surface area contributed by atoms with Crippen LogP contribution in [0.25, 0.3) is 27.7 Å². The Morgan fingerprint density at radius 1 is 1.19 bits per heavy atom. The molecule has 1 aliphatic rings. The number of amides is 1. The van der Waals surface area contributed by atoms with E-state index in [4.69, 9.17) is 9.15 Å². The maximum atomic E-state index is 12.8. The third kappa shape index (κ3) is 5.26. The van der Waals surface area contributed by atoms with Gasteiger partial charge in [-0.1, -0.05) is 53.7 Å². The van der Waals surface area contributed by atoms with E-state index in [0.717, 1.165) is 56.3 Å². The normalized spacial score (nSPS) is 15.5. The fourth-order valence-electron chi connectivity index (χ4n) is 4.46. The van der Waals surface area contributed by atoms with Crippen molar-refractivity contribution >= 4 is 38.4 Å². The highest BCUT2D eigenvalue weighted by Gasteiger charge is 2.17. The molecule has 0 atom stereocenters. The summed E-state index contributed by atoms with van der Waals surface area (Å²) in [4.78, 5) is 12.8. The van der Waals surface area contributed by atoms with Crippen LogP contribution in [-0.4, -0.2) is 18.6 Å². The molecule has 5 heteroatoms. The molecule has 4 nitrogen and oxygen atoms in total. The first kappa shape index (κ1) is 22.7. The number of allylic oxidation sites excluding steroid dienone is 1. The second-order valence-electron chi connectivity index (χ2n) is 8.46. The molecule has 1 aromatic heterocycles. The molecule has 0 radical (unpaired) electrons. The van der Waals surface area contributed by atoms with Crippen molar-refractivity contribution in [3.8, 4) is 16.9 Å². The monoisotopic (exact) mass is 495 g/mol. The molecule has 1 heterocycles. The Hall–Kier alpha value is -2.53. The number of hydrogen-bond acceptors (Lipinski definition) is 3. The van der Waals surface area contributed by atoms with Gasteiger partial charge in [-0.25, -0.2) is 0 Å². The maximum Gasteiger partial charge on any atom is 0.244 e. The van der Waals surface area contributed by atoms with Crippen molar-refractivity contribution in [3.05, 3.63) is 58.8 Å². The number of rotatable bonds is 6. The highest BCUT2D eigenvalue weighted by Crippen LogP contribution is 2.38. The van der Waals surface area contributed by atoms with Crippen molar-refractivity contribution in [3.63, 3.8) is 0 Å². The van der Waals surface area contributed by atoms with Gasteiger partial charge in [0.25, 0.3) is 0 Å². The summed E-state index contributed by atoms with van der Waals surface area (Å²) in [7, 11) is 0. The molecule has 0 bridgehead atoms. The summed E-state index contributed by atoms with van der Waals surface area (Å²) >= 11 is 3.55. The summed E-state index contributed by atoms with van der Waals surface area (Å²) in [6.45, 7) is 4.47. The molecule has 1 fully saturated rings. The number of furan rings is 1. The SMILES string of the molecule is CCOc1cc2occ(-c3cccc(Br)c3)c2cc1/C(C)=C/C(=O)NC1CCCCCC1. The zero-order chi connectivity index (χ0) is 22.5. The van der Waals surface area contributed by atoms with Crippen LogP contribution in [0.4, 0.5) is 0 Å². The quantitative estimate of drug-likeness (QED) is 0.284. The number of fused-ring (bicyclic) bond motifs is 1. The van der Waals surface area contributed by atoms with Crippen LogP contribution >= 0.6 is 15.9 Å². The molecule has 1 aliphatic carbocycles. The van der Waals surface area contributed by atoms with Gasteiger partial charge in [0, 0.05) is 39.2 Å². The molecule has 32 heavy (non-hydrogen) atoms. The Balaban J connectivity index is 1.67. The lowest BCUT2D eigenvalue weighted by atomic mass is 9.99. The first-order valence-corrected chi connectivity index (χ1v) is 12.3. The molecule has 0 saturated heterocycles. The summed E-state index contributed by atoms with van der Waals surface area (Å²) in [5.74, 6) is 0.697. The van der Waals surface area contributed by atoms with Crippen molar-refractivity contribution < 1.29 is 13.9 Å². The Kier molecular flexibility index (Phi) is 7.36. The lowest BCUT2D eigenvalue weighted by Crippen LogP contribution is -2.33. The van der Waals surface area contributed by atoms with E-state index in [0.29, 0.717) is 6.61 Å². The largest absolute Gasteiger partial charge is 0.493 e. The van der Waals surface area contributed by atoms with E-state index < -0.39 is 0 Å². The molecule has 168 valence electrons. The summed E-state index contributed by atoms with van der Waals surface area (Å²) in [6, 6.07) is 12.4. The van der Waals surface area contributed by atoms with Crippen LogP contribution in [0.15, 0.2) is 57.6 Å². The van der Waals surface area contributed by atoms with Crippen molar-refractivity contribution in [2.75, 3.05) is 6.61 Å². The average Bonchev–Trinajstić information content (AvgIpc) is 3.00. The molecule has 3 aromatic rings. The van der Waals surface area contributed by atoms with E-state index in [-0.39, 0.29) is 11.9 Å². The van der Waals surface area contributed by atoms with E-state index in [2.05, 4.69) is 39.4 Å². The molecule has 4 rings (SSSR count). The van der Waals surface area contributed by atoms with Crippen LogP contribution in [0.3, 0.4) is 0 Å². The van der Waals surface area contributed by atoms with Gasteiger partial charge in [-0.05, 0) is 56.0 Å². The lowest BCUT2D eigenvalue weighted by molar-refractivity contribution is -0.117. The molecule has 2 aromatic carbocycles. The number of ether oxygens (including phenoxy) is 1. The number of halogens is 1. The minimum Gasteiger partial charge on any atom is -0.493 e. The number of nitrogens with one attached hydrogen (secondary N) is 1. The van der Waals surface area contributed by atoms with Crippen molar-refractivity contribution in [1.82, 2.24) is 5.32 Å². The molecular formula is C27H30BrNO3. The Bertz CT molecular complexity index is 1120. The predicted molar refractivity (Wildman–Crippen MR) is 134 cm³/mol. The number of benzene rings is 2. The number of hydrogen-bond donors (Lipinski definition) is 1. The average molecular weight is 496 g/mol. The van der Waals surface area contributed by atoms with E-state index in [1.807, 2.05) is 32.0 Å². The summed E-state index contributed by atoms with van der Waals surface area (Å²) in [5.41, 5.74) is 4.64. The summed E-state index contributed by atoms with van der Waals surface area (Å²) < 4.78 is 12.8. The van der Waals surface area contributed by atoms with Crippen LogP contribution in [0.5, 0.6) is 5.75 Å². The topological polar surface area (TPSA) is 51.5 Å². The van der Waals surface area contributed by atoms with Gasteiger partial charge in [-0.2, -0.15) is 0 Å². The Labute approximate surface area is 198 Å². The highest BCUT2D eigenvalue weighted by atomic mass is 79.9. The summed E-state index contributed by atoms with van der Waals surface area (Å²) in [6.07, 6.45) is 10.5. The minimum absolute atomic E-state index is 0.0312. The van der Waals surface area contributed by atoms with E-state index in [9.17, 15) is 4.79 Å². The molecule has 0 aliphatic heterocycles. The molecule has 1 amide bonds. The van der Waals surface area contributed by atoms with Gasteiger partial charge in [0.15, 0.2) is 0 Å². The second kappa shape index (κ2) is 10.4. The molecule has 1 N–H and O–H groups in total. The van der Waals surface area contributed by atoms with E-state index >= 15 is 0 Å². The number of carbonyl (C=O) groups excluding carboxylic acids is 1. The Morgan fingerprint density at radius 3 is 2.69 bits per heavy atom. The molecule has 0 spiro atoms. The van der Waals surface area contributed by atoms with Crippen LogP contribution in [-0.2, 0) is 4.79 Å². The van der Waals surface area contributed by atoms with E-state index in [1.54, 1.807) is 12.3 Å². The van der Waals surface area contributed by atoms with Crippen LogP contribution in [0.1, 0.15) is 57.9 Å². The maximum absolute atomic E-state index is 12.8. The van der Waals surface area contributed by atoms with Crippen molar-refractivity contribution in [2.24, 2.45) is 0 Å². The number of carbonyl (C=O) groups is 1. The fraction of sp³-hybridized carbons (Fsp3) is 0.370. The van der Waals surface area contributed by atoms with Gasteiger partial charge in [0.1, 0.15) is 11.3 Å². The van der Waals surface area contributed by atoms with Gasteiger partial charge in [0.05, 0.1) is 12.9 Å². The zero-order valence-corrected chi connectivity index (χ0v) is 20.3. The summed E-state index contributed by atoms with van der Waals surface area (Å²) in [5, 5.41) is 4.21. The smallest absolute Gasteiger partial charge is 0.244 e. The lowest BCUT2D eigenvalue weighted by Gasteiger charge is -2.16. The van der Waals surface area contributed by atoms with Gasteiger partial charge < -0.3 is 14.5 Å². The Morgan fingerprint density at radius 2 is 1.97 bits per heavy atom. The van der Waals surface area contributed by atoms with Gasteiger partial charge in [0.2, 0.25) is 5.91 Å².